The minimum absolute atomic E-state index is 0.0798. The highest BCUT2D eigenvalue weighted by molar-refractivity contribution is 6.53. The molecule has 1 aromatic carbocycles. The summed E-state index contributed by atoms with van der Waals surface area (Å²) in [6.07, 6.45) is 4.01. The first-order chi connectivity index (χ1) is 17.1. The largest absolute Gasteiger partial charge is 0.490 e. The van der Waals surface area contributed by atoms with Crippen LogP contribution in [0.2, 0.25) is 0 Å². The predicted octanol–water partition coefficient (Wildman–Crippen LogP) is 4.16. The molecule has 0 saturated carbocycles. The number of hydrogen-bond donors (Lipinski definition) is 0. The minimum atomic E-state index is -2.40. The van der Waals surface area contributed by atoms with E-state index >= 15 is 0 Å². The van der Waals surface area contributed by atoms with Gasteiger partial charge >= 0.3 is 0 Å². The molecule has 0 fully saturated rings. The average molecular weight is 505 g/mol. The number of carbonyl (C=O) groups excluding carboxylic acids is 4. The Bertz CT molecular complexity index is 894. The maximum Gasteiger partial charge on any atom is 0.250 e. The lowest BCUT2D eigenvalue weighted by Crippen LogP contribution is -2.65. The smallest absolute Gasteiger partial charge is 0.250 e. The third-order valence-corrected chi connectivity index (χ3v) is 6.64. The summed E-state index contributed by atoms with van der Waals surface area (Å²) in [4.78, 5) is 52.7. The van der Waals surface area contributed by atoms with Gasteiger partial charge in [-0.3, -0.25) is 19.2 Å². The van der Waals surface area contributed by atoms with E-state index in [0.29, 0.717) is 38.4 Å². The van der Waals surface area contributed by atoms with Crippen molar-refractivity contribution in [2.45, 2.75) is 72.3 Å². The fourth-order valence-electron chi connectivity index (χ4n) is 4.60. The molecule has 0 N–H and O–H groups in total. The zero-order valence-corrected chi connectivity index (χ0v) is 22.2. The molecule has 1 unspecified atom stereocenters. The van der Waals surface area contributed by atoms with E-state index in [4.69, 9.17) is 18.9 Å². The molecule has 0 aliphatic carbocycles. The van der Waals surface area contributed by atoms with Crippen LogP contribution in [0.4, 0.5) is 0 Å². The van der Waals surface area contributed by atoms with Crippen LogP contribution in [0, 0.1) is 11.3 Å². The molecule has 200 valence electrons. The number of fused-ring (bicyclic) bond motifs is 1. The molecule has 1 aliphatic heterocycles. The molecular weight excluding hydrogens is 464 g/mol. The Labute approximate surface area is 214 Å². The van der Waals surface area contributed by atoms with Crippen molar-refractivity contribution >= 4 is 23.1 Å². The van der Waals surface area contributed by atoms with Crippen LogP contribution in [0.25, 0.3) is 0 Å². The van der Waals surface area contributed by atoms with Gasteiger partial charge in [0.25, 0.3) is 0 Å². The van der Waals surface area contributed by atoms with Crippen molar-refractivity contribution < 1.29 is 38.1 Å². The zero-order chi connectivity index (χ0) is 26.8. The van der Waals surface area contributed by atoms with Crippen LogP contribution in [0.1, 0.15) is 66.7 Å². The van der Waals surface area contributed by atoms with Crippen molar-refractivity contribution in [2.24, 2.45) is 11.3 Å². The molecule has 1 aromatic rings. The van der Waals surface area contributed by atoms with Crippen LogP contribution in [-0.4, -0.2) is 61.8 Å². The second-order valence-corrected chi connectivity index (χ2v) is 9.94. The van der Waals surface area contributed by atoms with Crippen molar-refractivity contribution in [3.63, 3.8) is 0 Å². The van der Waals surface area contributed by atoms with Crippen molar-refractivity contribution in [2.75, 3.05) is 33.0 Å². The van der Waals surface area contributed by atoms with E-state index in [-0.39, 0.29) is 19.0 Å². The first-order valence-electron chi connectivity index (χ1n) is 12.7. The Morgan fingerprint density at radius 2 is 1.50 bits per heavy atom. The van der Waals surface area contributed by atoms with Gasteiger partial charge in [0.1, 0.15) is 0 Å². The number of Topliss-reactive ketones (excluding diaryl/α,β-unsaturated/α-hetero) is 4. The van der Waals surface area contributed by atoms with Gasteiger partial charge in [-0.25, -0.2) is 0 Å². The Morgan fingerprint density at radius 1 is 0.889 bits per heavy atom. The molecule has 0 bridgehead atoms. The second-order valence-electron chi connectivity index (χ2n) is 9.94. The summed E-state index contributed by atoms with van der Waals surface area (Å²) in [6, 6.07) is 6.63. The quantitative estimate of drug-likeness (QED) is 0.280. The molecule has 8 nitrogen and oxygen atoms in total. The number of carbonyl (C=O) groups is 4. The van der Waals surface area contributed by atoms with Crippen molar-refractivity contribution in [1.29, 1.82) is 0 Å². The van der Waals surface area contributed by atoms with E-state index in [1.165, 1.54) is 0 Å². The summed E-state index contributed by atoms with van der Waals surface area (Å²) in [5, 5.41) is 0. The molecule has 0 radical (unpaired) electrons. The lowest BCUT2D eigenvalue weighted by Gasteiger charge is -2.45. The molecule has 1 atom stereocenters. The molecule has 0 spiro atoms. The molecule has 0 amide bonds. The fourth-order valence-corrected chi connectivity index (χ4v) is 4.60. The van der Waals surface area contributed by atoms with Gasteiger partial charge in [0.2, 0.25) is 17.2 Å². The van der Waals surface area contributed by atoms with Gasteiger partial charge in [-0.05, 0) is 24.0 Å². The number of benzene rings is 1. The third kappa shape index (κ3) is 7.23. The minimum Gasteiger partial charge on any atom is -0.490 e. The molecular formula is C28H40O8. The summed E-state index contributed by atoms with van der Waals surface area (Å²) >= 11 is 0. The Morgan fingerprint density at radius 3 is 2.11 bits per heavy atom. The Hall–Kier alpha value is -2.58. The fraction of sp³-hybridized carbons (Fsp3) is 0.643. The van der Waals surface area contributed by atoms with Gasteiger partial charge in [0, 0.05) is 32.8 Å². The van der Waals surface area contributed by atoms with E-state index < -0.39 is 40.1 Å². The van der Waals surface area contributed by atoms with Crippen LogP contribution in [-0.2, 0) is 28.7 Å². The SMILES string of the molecule is CCCCCC(C)(C)C1COCCOCCCOc2ccccc2OC1(C(=O)C(C)=O)C(=O)C(C)=O. The number of ketones is 4. The van der Waals surface area contributed by atoms with E-state index in [0.717, 1.165) is 33.1 Å². The van der Waals surface area contributed by atoms with Gasteiger partial charge in [-0.2, -0.15) is 0 Å². The van der Waals surface area contributed by atoms with E-state index in [2.05, 4.69) is 6.92 Å². The van der Waals surface area contributed by atoms with Crippen molar-refractivity contribution in [3.05, 3.63) is 24.3 Å². The molecule has 1 heterocycles. The van der Waals surface area contributed by atoms with Crippen molar-refractivity contribution in [1.82, 2.24) is 0 Å². The maximum absolute atomic E-state index is 13.7. The topological polar surface area (TPSA) is 105 Å². The first-order valence-corrected chi connectivity index (χ1v) is 12.7. The van der Waals surface area contributed by atoms with Crippen LogP contribution >= 0.6 is 0 Å². The summed E-state index contributed by atoms with van der Waals surface area (Å²) in [6.45, 7) is 9.33. The van der Waals surface area contributed by atoms with Crippen LogP contribution in [0.5, 0.6) is 11.5 Å². The number of unbranched alkanes of at least 4 members (excludes halogenated alkanes) is 2. The average Bonchev–Trinajstić information content (AvgIpc) is 2.83. The molecule has 36 heavy (non-hydrogen) atoms. The van der Waals surface area contributed by atoms with Crippen LogP contribution in [0.15, 0.2) is 24.3 Å². The third-order valence-electron chi connectivity index (χ3n) is 6.64. The summed E-state index contributed by atoms with van der Waals surface area (Å²) < 4.78 is 23.7. The lowest BCUT2D eigenvalue weighted by atomic mass is 9.63. The van der Waals surface area contributed by atoms with E-state index in [9.17, 15) is 19.2 Å². The second kappa shape index (κ2) is 13.7. The van der Waals surface area contributed by atoms with Gasteiger partial charge < -0.3 is 18.9 Å². The van der Waals surface area contributed by atoms with Gasteiger partial charge in [0.05, 0.1) is 26.4 Å². The molecule has 0 saturated heterocycles. The summed E-state index contributed by atoms with van der Waals surface area (Å²) in [7, 11) is 0. The highest BCUT2D eigenvalue weighted by atomic mass is 16.6. The highest BCUT2D eigenvalue weighted by Gasteiger charge is 2.61. The van der Waals surface area contributed by atoms with E-state index in [1.54, 1.807) is 24.3 Å². The molecule has 2 rings (SSSR count). The highest BCUT2D eigenvalue weighted by Crippen LogP contribution is 2.45. The monoisotopic (exact) mass is 504 g/mol. The molecule has 8 heteroatoms. The van der Waals surface area contributed by atoms with Gasteiger partial charge in [-0.15, -0.1) is 0 Å². The van der Waals surface area contributed by atoms with Crippen LogP contribution in [0.3, 0.4) is 0 Å². The van der Waals surface area contributed by atoms with Gasteiger partial charge in [0.15, 0.2) is 23.1 Å². The maximum atomic E-state index is 13.7. The number of hydrogen-bond acceptors (Lipinski definition) is 8. The predicted molar refractivity (Wildman–Crippen MR) is 134 cm³/mol. The molecule has 1 aliphatic rings. The Balaban J connectivity index is 2.78. The Kier molecular flexibility index (Phi) is 11.2. The summed E-state index contributed by atoms with van der Waals surface area (Å²) in [5.41, 5.74) is -3.11. The van der Waals surface area contributed by atoms with E-state index in [1.807, 2.05) is 13.8 Å². The number of ether oxygens (including phenoxy) is 4. The molecule has 0 aromatic heterocycles. The normalized spacial score (nSPS) is 19.1. The number of para-hydroxylation sites is 2. The lowest BCUT2D eigenvalue weighted by molar-refractivity contribution is -0.169. The zero-order valence-electron chi connectivity index (χ0n) is 22.2. The van der Waals surface area contributed by atoms with Crippen LogP contribution < -0.4 is 9.47 Å². The van der Waals surface area contributed by atoms with Gasteiger partial charge in [-0.1, -0.05) is 52.2 Å². The standard InChI is InChI=1S/C28H40O8/c1-6-7-10-14-27(4,5)24-19-34-18-17-33-15-11-16-35-22-12-8-9-13-23(22)36-28(24,25(31)20(2)29)26(32)21(3)30/h8-9,12-13,24H,6-7,10-11,14-19H2,1-5H3. The first kappa shape index (κ1) is 29.6. The number of rotatable bonds is 9. The van der Waals surface area contributed by atoms with Crippen molar-refractivity contribution in [3.8, 4) is 11.5 Å². The summed E-state index contributed by atoms with van der Waals surface area (Å²) in [5.74, 6) is -4.42.